The molecule has 1 atom stereocenters. The summed E-state index contributed by atoms with van der Waals surface area (Å²) < 4.78 is 10.8. The van der Waals surface area contributed by atoms with Crippen molar-refractivity contribution in [3.05, 3.63) is 23.8 Å². The summed E-state index contributed by atoms with van der Waals surface area (Å²) in [5.41, 5.74) is 1.15. The highest BCUT2D eigenvalue weighted by atomic mass is 16.5. The number of rotatable bonds is 6. The highest BCUT2D eigenvalue weighted by Gasteiger charge is 2.23. The van der Waals surface area contributed by atoms with Crippen molar-refractivity contribution in [1.82, 2.24) is 4.90 Å². The van der Waals surface area contributed by atoms with Gasteiger partial charge in [-0.1, -0.05) is 6.42 Å². The summed E-state index contributed by atoms with van der Waals surface area (Å²) >= 11 is 0. The molecule has 1 unspecified atom stereocenters. The van der Waals surface area contributed by atoms with Gasteiger partial charge in [0.15, 0.2) is 0 Å². The number of nitrogens with zero attached hydrogens (tertiary/aromatic N) is 1. The summed E-state index contributed by atoms with van der Waals surface area (Å²) in [6.07, 6.45) is 4.52. The smallest absolute Gasteiger partial charge is 0.123 e. The molecule has 0 aromatic heterocycles. The molecular formula is C16H25NO3. The van der Waals surface area contributed by atoms with Gasteiger partial charge in [-0.05, 0) is 44.0 Å². The van der Waals surface area contributed by atoms with Crippen molar-refractivity contribution in [2.24, 2.45) is 0 Å². The molecule has 0 amide bonds. The second kappa shape index (κ2) is 7.50. The van der Waals surface area contributed by atoms with Crippen LogP contribution in [0.1, 0.15) is 31.2 Å². The average molecular weight is 279 g/mol. The Balaban J connectivity index is 2.14. The van der Waals surface area contributed by atoms with E-state index < -0.39 is 0 Å². The summed E-state index contributed by atoms with van der Waals surface area (Å²) in [7, 11) is 3.38. The number of piperidine rings is 1. The molecule has 20 heavy (non-hydrogen) atoms. The molecule has 0 spiro atoms. The zero-order valence-electron chi connectivity index (χ0n) is 12.5. The summed E-state index contributed by atoms with van der Waals surface area (Å²) in [5, 5.41) is 9.21. The van der Waals surface area contributed by atoms with Gasteiger partial charge < -0.3 is 14.6 Å². The first-order valence-corrected chi connectivity index (χ1v) is 7.34. The highest BCUT2D eigenvalue weighted by molar-refractivity contribution is 5.40. The van der Waals surface area contributed by atoms with Crippen molar-refractivity contribution < 1.29 is 14.6 Å². The minimum Gasteiger partial charge on any atom is -0.497 e. The predicted molar refractivity (Wildman–Crippen MR) is 79.3 cm³/mol. The van der Waals surface area contributed by atoms with E-state index in [0.717, 1.165) is 36.6 Å². The largest absolute Gasteiger partial charge is 0.497 e. The number of aliphatic hydroxyl groups excluding tert-OH is 1. The van der Waals surface area contributed by atoms with E-state index in [-0.39, 0.29) is 6.61 Å². The van der Waals surface area contributed by atoms with Crippen LogP contribution in [0.2, 0.25) is 0 Å². The summed E-state index contributed by atoms with van der Waals surface area (Å²) in [5.74, 6) is 1.76. The van der Waals surface area contributed by atoms with Crippen LogP contribution in [0, 0.1) is 0 Å². The minimum atomic E-state index is 0.260. The van der Waals surface area contributed by atoms with Crippen LogP contribution in [0.25, 0.3) is 0 Å². The maximum atomic E-state index is 9.21. The van der Waals surface area contributed by atoms with E-state index in [2.05, 4.69) is 4.90 Å². The first-order chi connectivity index (χ1) is 9.78. The van der Waals surface area contributed by atoms with Crippen molar-refractivity contribution in [3.8, 4) is 11.5 Å². The van der Waals surface area contributed by atoms with Crippen molar-refractivity contribution in [2.75, 3.05) is 27.4 Å². The van der Waals surface area contributed by atoms with Crippen LogP contribution in [-0.4, -0.2) is 43.4 Å². The van der Waals surface area contributed by atoms with Gasteiger partial charge in [0.1, 0.15) is 11.5 Å². The second-order valence-corrected chi connectivity index (χ2v) is 5.31. The van der Waals surface area contributed by atoms with Gasteiger partial charge in [-0.3, -0.25) is 4.90 Å². The van der Waals surface area contributed by atoms with Crippen molar-refractivity contribution >= 4 is 0 Å². The van der Waals surface area contributed by atoms with Crippen molar-refractivity contribution in [2.45, 2.75) is 38.3 Å². The van der Waals surface area contributed by atoms with Gasteiger partial charge >= 0.3 is 0 Å². The van der Waals surface area contributed by atoms with E-state index >= 15 is 0 Å². The zero-order valence-corrected chi connectivity index (χ0v) is 12.5. The maximum absolute atomic E-state index is 9.21. The van der Waals surface area contributed by atoms with E-state index in [1.54, 1.807) is 14.2 Å². The summed E-state index contributed by atoms with van der Waals surface area (Å²) in [6.45, 7) is 2.20. The number of hydrogen-bond acceptors (Lipinski definition) is 4. The Kier molecular flexibility index (Phi) is 5.68. The van der Waals surface area contributed by atoms with Crippen molar-refractivity contribution in [1.29, 1.82) is 0 Å². The molecule has 1 N–H and O–H groups in total. The van der Waals surface area contributed by atoms with Gasteiger partial charge in [0.2, 0.25) is 0 Å². The average Bonchev–Trinajstić information content (AvgIpc) is 2.49. The van der Waals surface area contributed by atoms with Crippen LogP contribution in [0.4, 0.5) is 0 Å². The molecule has 1 heterocycles. The number of aliphatic hydroxyl groups is 1. The van der Waals surface area contributed by atoms with Crippen LogP contribution < -0.4 is 9.47 Å². The Hall–Kier alpha value is -1.26. The van der Waals surface area contributed by atoms with Crippen LogP contribution in [0.3, 0.4) is 0 Å². The molecule has 1 fully saturated rings. The van der Waals surface area contributed by atoms with Gasteiger partial charge in [0, 0.05) is 24.8 Å². The highest BCUT2D eigenvalue weighted by Crippen LogP contribution is 2.28. The van der Waals surface area contributed by atoms with Crippen molar-refractivity contribution in [3.63, 3.8) is 0 Å². The molecule has 112 valence electrons. The lowest BCUT2D eigenvalue weighted by molar-refractivity contribution is 0.111. The Labute approximate surface area is 121 Å². The third kappa shape index (κ3) is 3.64. The first kappa shape index (κ1) is 15.1. The van der Waals surface area contributed by atoms with Gasteiger partial charge in [-0.15, -0.1) is 0 Å². The molecule has 2 rings (SSSR count). The Morgan fingerprint density at radius 2 is 2.10 bits per heavy atom. The number of hydrogen-bond donors (Lipinski definition) is 1. The second-order valence-electron chi connectivity index (χ2n) is 5.31. The molecule has 0 radical (unpaired) electrons. The Bertz CT molecular complexity index is 420. The fourth-order valence-electron chi connectivity index (χ4n) is 2.97. The molecular weight excluding hydrogens is 254 g/mol. The number of likely N-dealkylation sites (tertiary alicyclic amines) is 1. The lowest BCUT2D eigenvalue weighted by atomic mass is 9.98. The molecule has 4 nitrogen and oxygen atoms in total. The lowest BCUT2D eigenvalue weighted by Gasteiger charge is -2.35. The van der Waals surface area contributed by atoms with Gasteiger partial charge in [-0.2, -0.15) is 0 Å². The molecule has 0 bridgehead atoms. The number of benzene rings is 1. The molecule has 1 aromatic carbocycles. The van der Waals surface area contributed by atoms with Gasteiger partial charge in [0.05, 0.1) is 14.2 Å². The molecule has 1 saturated heterocycles. The number of methoxy groups -OCH3 is 2. The third-order valence-corrected chi connectivity index (χ3v) is 4.07. The normalized spacial score (nSPS) is 19.9. The van der Waals surface area contributed by atoms with E-state index in [9.17, 15) is 5.11 Å². The molecule has 0 aliphatic carbocycles. The van der Waals surface area contributed by atoms with E-state index in [1.807, 2.05) is 18.2 Å². The van der Waals surface area contributed by atoms with Crippen LogP contribution >= 0.6 is 0 Å². The van der Waals surface area contributed by atoms with Gasteiger partial charge in [-0.25, -0.2) is 0 Å². The SMILES string of the molecule is COc1ccc(OC)c(CN2CCCCC2CCO)c1. The topological polar surface area (TPSA) is 41.9 Å². The summed E-state index contributed by atoms with van der Waals surface area (Å²) in [6, 6.07) is 6.40. The number of ether oxygens (including phenoxy) is 2. The van der Waals surface area contributed by atoms with Crippen LogP contribution in [0.15, 0.2) is 18.2 Å². The fourth-order valence-corrected chi connectivity index (χ4v) is 2.97. The van der Waals surface area contributed by atoms with E-state index in [1.165, 1.54) is 19.3 Å². The third-order valence-electron chi connectivity index (χ3n) is 4.07. The monoisotopic (exact) mass is 279 g/mol. The zero-order chi connectivity index (χ0) is 14.4. The Morgan fingerprint density at radius 3 is 2.80 bits per heavy atom. The molecule has 1 aliphatic rings. The molecule has 1 aliphatic heterocycles. The standard InChI is InChI=1S/C16H25NO3/c1-19-15-6-7-16(20-2)13(11-15)12-17-9-4-3-5-14(17)8-10-18/h6-7,11,14,18H,3-5,8-10,12H2,1-2H3. The van der Waals surface area contributed by atoms with Crippen LogP contribution in [0.5, 0.6) is 11.5 Å². The first-order valence-electron chi connectivity index (χ1n) is 7.34. The lowest BCUT2D eigenvalue weighted by Crippen LogP contribution is -2.39. The fraction of sp³-hybridized carbons (Fsp3) is 0.625. The quantitative estimate of drug-likeness (QED) is 0.868. The molecule has 4 heteroatoms. The van der Waals surface area contributed by atoms with E-state index in [4.69, 9.17) is 9.47 Å². The van der Waals surface area contributed by atoms with Gasteiger partial charge in [0.25, 0.3) is 0 Å². The molecule has 1 aromatic rings. The predicted octanol–water partition coefficient (Wildman–Crippen LogP) is 2.44. The Morgan fingerprint density at radius 1 is 1.25 bits per heavy atom. The molecule has 0 saturated carbocycles. The summed E-state index contributed by atoms with van der Waals surface area (Å²) in [4.78, 5) is 2.46. The maximum Gasteiger partial charge on any atom is 0.123 e. The van der Waals surface area contributed by atoms with E-state index in [0.29, 0.717) is 6.04 Å². The van der Waals surface area contributed by atoms with Crippen LogP contribution in [-0.2, 0) is 6.54 Å². The minimum absolute atomic E-state index is 0.260.